The van der Waals surface area contributed by atoms with E-state index in [0.717, 1.165) is 24.8 Å². The molecule has 0 aromatic heterocycles. The van der Waals surface area contributed by atoms with Crippen molar-refractivity contribution in [2.24, 2.45) is 5.73 Å². The molecule has 0 spiro atoms. The highest BCUT2D eigenvalue weighted by atomic mass is 35.5. The minimum absolute atomic E-state index is 0.0583. The average molecular weight is 258 g/mol. The summed E-state index contributed by atoms with van der Waals surface area (Å²) in [6, 6.07) is 5.14. The zero-order valence-electron chi connectivity index (χ0n) is 8.80. The van der Waals surface area contributed by atoms with Gasteiger partial charge in [0.15, 0.2) is 5.78 Å². The predicted octanol–water partition coefficient (Wildman–Crippen LogP) is 2.99. The van der Waals surface area contributed by atoms with E-state index >= 15 is 0 Å². The Morgan fingerprint density at radius 1 is 1.38 bits per heavy atom. The molecule has 1 saturated carbocycles. The molecule has 2 N–H and O–H groups in total. The average Bonchev–Trinajstić information content (AvgIpc) is 2.20. The number of hydrogen-bond acceptors (Lipinski definition) is 2. The number of carbonyl (C=O) groups is 1. The quantitative estimate of drug-likeness (QED) is 0.905. The summed E-state index contributed by atoms with van der Waals surface area (Å²) in [6.07, 6.45) is 2.87. The lowest BCUT2D eigenvalue weighted by atomic mass is 9.73. The van der Waals surface area contributed by atoms with Gasteiger partial charge in [-0.25, -0.2) is 0 Å². The first-order valence-corrected chi connectivity index (χ1v) is 6.03. The standard InChI is InChI=1S/C12H13Cl2NO/c13-9-2-3-10(14)8(6-9)7-11(16)12(15)4-1-5-12/h2-3,6H,1,4-5,7,15H2. The lowest BCUT2D eigenvalue weighted by molar-refractivity contribution is -0.126. The number of benzene rings is 1. The van der Waals surface area contributed by atoms with Crippen molar-refractivity contribution in [2.45, 2.75) is 31.2 Å². The summed E-state index contributed by atoms with van der Waals surface area (Å²) in [5.41, 5.74) is 6.10. The van der Waals surface area contributed by atoms with Crippen molar-refractivity contribution in [3.8, 4) is 0 Å². The summed E-state index contributed by atoms with van der Waals surface area (Å²) < 4.78 is 0. The van der Waals surface area contributed by atoms with E-state index in [0.29, 0.717) is 10.0 Å². The Balaban J connectivity index is 2.14. The zero-order chi connectivity index (χ0) is 11.8. The maximum Gasteiger partial charge on any atom is 0.157 e. The van der Waals surface area contributed by atoms with Crippen molar-refractivity contribution in [1.82, 2.24) is 0 Å². The molecule has 0 unspecified atom stereocenters. The van der Waals surface area contributed by atoms with E-state index < -0.39 is 5.54 Å². The molecular weight excluding hydrogens is 245 g/mol. The largest absolute Gasteiger partial charge is 0.319 e. The van der Waals surface area contributed by atoms with Gasteiger partial charge in [0.2, 0.25) is 0 Å². The second-order valence-corrected chi connectivity index (χ2v) is 5.19. The minimum atomic E-state index is -0.619. The molecule has 0 radical (unpaired) electrons. The molecule has 1 aromatic rings. The Labute approximate surface area is 105 Å². The number of nitrogens with two attached hydrogens (primary N) is 1. The van der Waals surface area contributed by atoms with Crippen LogP contribution in [0.25, 0.3) is 0 Å². The molecule has 2 nitrogen and oxygen atoms in total. The Hall–Kier alpha value is -0.570. The number of rotatable bonds is 3. The van der Waals surface area contributed by atoms with E-state index in [-0.39, 0.29) is 12.2 Å². The number of ketones is 1. The fourth-order valence-electron chi connectivity index (χ4n) is 1.86. The van der Waals surface area contributed by atoms with E-state index in [1.54, 1.807) is 18.2 Å². The molecule has 0 atom stereocenters. The van der Waals surface area contributed by atoms with Gasteiger partial charge in [0.25, 0.3) is 0 Å². The molecular formula is C12H13Cl2NO. The topological polar surface area (TPSA) is 43.1 Å². The molecule has 4 heteroatoms. The van der Waals surface area contributed by atoms with Crippen LogP contribution >= 0.6 is 23.2 Å². The zero-order valence-corrected chi connectivity index (χ0v) is 10.3. The van der Waals surface area contributed by atoms with Crippen LogP contribution in [0.1, 0.15) is 24.8 Å². The molecule has 0 heterocycles. The van der Waals surface area contributed by atoms with Crippen LogP contribution in [0.4, 0.5) is 0 Å². The van der Waals surface area contributed by atoms with E-state index in [1.807, 2.05) is 0 Å². The van der Waals surface area contributed by atoms with Crippen LogP contribution in [0.3, 0.4) is 0 Å². The summed E-state index contributed by atoms with van der Waals surface area (Å²) in [6.45, 7) is 0. The van der Waals surface area contributed by atoms with Gasteiger partial charge in [0.1, 0.15) is 0 Å². The first-order chi connectivity index (χ1) is 7.51. The Morgan fingerprint density at radius 2 is 2.06 bits per heavy atom. The van der Waals surface area contributed by atoms with Crippen LogP contribution in [0.15, 0.2) is 18.2 Å². The van der Waals surface area contributed by atoms with Gasteiger partial charge in [-0.1, -0.05) is 23.2 Å². The van der Waals surface area contributed by atoms with Gasteiger partial charge in [-0.15, -0.1) is 0 Å². The van der Waals surface area contributed by atoms with Crippen LogP contribution in [0.2, 0.25) is 10.0 Å². The van der Waals surface area contributed by atoms with E-state index in [4.69, 9.17) is 28.9 Å². The molecule has 0 saturated heterocycles. The van der Waals surface area contributed by atoms with Gasteiger partial charge in [-0.3, -0.25) is 4.79 Å². The lowest BCUT2D eigenvalue weighted by Gasteiger charge is -2.36. The minimum Gasteiger partial charge on any atom is -0.319 e. The number of halogens is 2. The van der Waals surface area contributed by atoms with Gasteiger partial charge >= 0.3 is 0 Å². The second-order valence-electron chi connectivity index (χ2n) is 4.35. The van der Waals surface area contributed by atoms with E-state index in [2.05, 4.69) is 0 Å². The molecule has 0 aliphatic heterocycles. The third-order valence-corrected chi connectivity index (χ3v) is 3.76. The van der Waals surface area contributed by atoms with Crippen molar-refractivity contribution in [1.29, 1.82) is 0 Å². The summed E-state index contributed by atoms with van der Waals surface area (Å²) in [5, 5.41) is 1.16. The van der Waals surface area contributed by atoms with Crippen molar-refractivity contribution in [2.75, 3.05) is 0 Å². The molecule has 16 heavy (non-hydrogen) atoms. The molecule has 0 amide bonds. The third kappa shape index (κ3) is 2.24. The van der Waals surface area contributed by atoms with Gasteiger partial charge in [0.05, 0.1) is 5.54 Å². The molecule has 1 aliphatic carbocycles. The second kappa shape index (κ2) is 4.36. The first-order valence-electron chi connectivity index (χ1n) is 5.27. The van der Waals surface area contributed by atoms with Crippen molar-refractivity contribution in [3.05, 3.63) is 33.8 Å². The highest BCUT2D eigenvalue weighted by Gasteiger charge is 2.39. The lowest BCUT2D eigenvalue weighted by Crippen LogP contribution is -2.54. The maximum absolute atomic E-state index is 12.0. The highest BCUT2D eigenvalue weighted by molar-refractivity contribution is 6.33. The summed E-state index contributed by atoms with van der Waals surface area (Å²) >= 11 is 11.9. The fraction of sp³-hybridized carbons (Fsp3) is 0.417. The van der Waals surface area contributed by atoms with Gasteiger partial charge in [-0.2, -0.15) is 0 Å². The van der Waals surface area contributed by atoms with Crippen molar-refractivity contribution < 1.29 is 4.79 Å². The Morgan fingerprint density at radius 3 is 2.62 bits per heavy atom. The van der Waals surface area contributed by atoms with Crippen molar-refractivity contribution in [3.63, 3.8) is 0 Å². The van der Waals surface area contributed by atoms with Crippen LogP contribution in [0, 0.1) is 0 Å². The molecule has 0 bridgehead atoms. The summed E-state index contributed by atoms with van der Waals surface area (Å²) in [7, 11) is 0. The smallest absolute Gasteiger partial charge is 0.157 e. The third-order valence-electron chi connectivity index (χ3n) is 3.16. The SMILES string of the molecule is NC1(C(=O)Cc2cc(Cl)ccc2Cl)CCC1. The molecule has 2 rings (SSSR count). The number of hydrogen-bond donors (Lipinski definition) is 1. The Kier molecular flexibility index (Phi) is 3.24. The number of carbonyl (C=O) groups excluding carboxylic acids is 1. The van der Waals surface area contributed by atoms with Crippen LogP contribution in [-0.2, 0) is 11.2 Å². The highest BCUT2D eigenvalue weighted by Crippen LogP contribution is 2.32. The summed E-state index contributed by atoms with van der Waals surface area (Å²) in [5.74, 6) is 0.0583. The molecule has 1 aliphatic rings. The van der Waals surface area contributed by atoms with E-state index in [9.17, 15) is 4.79 Å². The summed E-state index contributed by atoms with van der Waals surface area (Å²) in [4.78, 5) is 12.0. The molecule has 86 valence electrons. The Bertz CT molecular complexity index is 427. The fourth-order valence-corrected chi connectivity index (χ4v) is 2.24. The van der Waals surface area contributed by atoms with Crippen LogP contribution in [-0.4, -0.2) is 11.3 Å². The van der Waals surface area contributed by atoms with Gasteiger partial charge in [0, 0.05) is 16.5 Å². The maximum atomic E-state index is 12.0. The van der Waals surface area contributed by atoms with E-state index in [1.165, 1.54) is 0 Å². The predicted molar refractivity (Wildman–Crippen MR) is 65.9 cm³/mol. The monoisotopic (exact) mass is 257 g/mol. The van der Waals surface area contributed by atoms with Gasteiger partial charge in [-0.05, 0) is 43.0 Å². The van der Waals surface area contributed by atoms with Gasteiger partial charge < -0.3 is 5.73 Å². The normalized spacial score (nSPS) is 17.9. The molecule has 1 fully saturated rings. The first kappa shape index (κ1) is 11.9. The number of Topliss-reactive ketones (excluding diaryl/α,β-unsaturated/α-hetero) is 1. The molecule has 1 aromatic carbocycles. The van der Waals surface area contributed by atoms with Crippen LogP contribution < -0.4 is 5.73 Å². The van der Waals surface area contributed by atoms with Crippen LogP contribution in [0.5, 0.6) is 0 Å². The van der Waals surface area contributed by atoms with Crippen molar-refractivity contribution >= 4 is 29.0 Å².